The lowest BCUT2D eigenvalue weighted by Gasteiger charge is -2.36. The Morgan fingerprint density at radius 3 is 2.26 bits per heavy atom. The van der Waals surface area contributed by atoms with Gasteiger partial charge in [-0.1, -0.05) is 24.3 Å². The van der Waals surface area contributed by atoms with Crippen LogP contribution in [0.3, 0.4) is 0 Å². The zero-order valence-electron chi connectivity index (χ0n) is 18.4. The Balaban J connectivity index is 1.41. The van der Waals surface area contributed by atoms with Gasteiger partial charge in [0, 0.05) is 45.3 Å². The van der Waals surface area contributed by atoms with E-state index < -0.39 is 0 Å². The number of hydrogen-bond donors (Lipinski definition) is 0. The Bertz CT molecular complexity index is 859. The third kappa shape index (κ3) is 6.71. The van der Waals surface area contributed by atoms with Gasteiger partial charge in [-0.15, -0.1) is 0 Å². The Morgan fingerprint density at radius 1 is 1.03 bits per heavy atom. The molecule has 0 spiro atoms. The van der Waals surface area contributed by atoms with E-state index in [1.807, 2.05) is 24.1 Å². The molecule has 1 fully saturated rings. The largest absolute Gasteiger partial charge is 0.380 e. The van der Waals surface area contributed by atoms with Crippen LogP contribution in [0.15, 0.2) is 48.5 Å². The molecule has 0 radical (unpaired) electrons. The first-order valence-electron chi connectivity index (χ1n) is 10.8. The van der Waals surface area contributed by atoms with Gasteiger partial charge < -0.3 is 9.64 Å². The second-order valence-corrected chi connectivity index (χ2v) is 8.19. The second kappa shape index (κ2) is 11.2. The molecule has 0 bridgehead atoms. The number of carbonyl (C=O) groups is 2. The summed E-state index contributed by atoms with van der Waals surface area (Å²) in [4.78, 5) is 29.0. The number of halogens is 1. The fourth-order valence-corrected chi connectivity index (χ4v) is 3.99. The molecule has 2 aromatic rings. The van der Waals surface area contributed by atoms with Crippen LogP contribution in [0.4, 0.5) is 4.39 Å². The van der Waals surface area contributed by atoms with Crippen molar-refractivity contribution in [3.05, 3.63) is 71.0 Å². The standard InChI is InChI=1S/C25H31FN2O3/c1-27(25(30)12-7-19-3-5-20(6-4-19)18-31-2)23-13-15-28(16-14-23)17-24(29)21-8-10-22(26)11-9-21/h3-6,8-11,23H,7,12-18H2,1-2H3. The predicted molar refractivity (Wildman–Crippen MR) is 118 cm³/mol. The highest BCUT2D eigenvalue weighted by molar-refractivity contribution is 5.97. The number of hydrogen-bond acceptors (Lipinski definition) is 4. The van der Waals surface area contributed by atoms with Crippen molar-refractivity contribution in [2.24, 2.45) is 0 Å². The summed E-state index contributed by atoms with van der Waals surface area (Å²) in [5.74, 6) is -0.186. The molecule has 3 rings (SSSR count). The molecule has 2 aromatic carbocycles. The third-order valence-electron chi connectivity index (χ3n) is 5.99. The maximum Gasteiger partial charge on any atom is 0.222 e. The summed E-state index contributed by atoms with van der Waals surface area (Å²) in [5, 5.41) is 0. The molecular weight excluding hydrogens is 395 g/mol. The maximum absolute atomic E-state index is 13.0. The molecule has 1 aliphatic heterocycles. The van der Waals surface area contributed by atoms with E-state index in [-0.39, 0.29) is 23.5 Å². The summed E-state index contributed by atoms with van der Waals surface area (Å²) < 4.78 is 18.2. The third-order valence-corrected chi connectivity index (χ3v) is 5.99. The van der Waals surface area contributed by atoms with Crippen molar-refractivity contribution in [2.45, 2.75) is 38.3 Å². The Morgan fingerprint density at radius 2 is 1.65 bits per heavy atom. The van der Waals surface area contributed by atoms with E-state index in [1.165, 1.54) is 24.3 Å². The molecular formula is C25H31FN2O3. The maximum atomic E-state index is 13.0. The Hall–Kier alpha value is -2.57. The topological polar surface area (TPSA) is 49.9 Å². The molecule has 1 saturated heterocycles. The normalized spacial score (nSPS) is 15.1. The number of amides is 1. The zero-order valence-corrected chi connectivity index (χ0v) is 18.4. The van der Waals surface area contributed by atoms with Crippen molar-refractivity contribution in [3.63, 3.8) is 0 Å². The van der Waals surface area contributed by atoms with Gasteiger partial charge in [0.25, 0.3) is 0 Å². The van der Waals surface area contributed by atoms with E-state index in [2.05, 4.69) is 17.0 Å². The number of ether oxygens (including phenoxy) is 1. The number of nitrogens with zero attached hydrogens (tertiary/aromatic N) is 2. The monoisotopic (exact) mass is 426 g/mol. The zero-order chi connectivity index (χ0) is 22.2. The Labute approximate surface area is 183 Å². The van der Waals surface area contributed by atoms with Gasteiger partial charge >= 0.3 is 0 Å². The Kier molecular flexibility index (Phi) is 8.32. The van der Waals surface area contributed by atoms with Gasteiger partial charge in [0.15, 0.2) is 5.78 Å². The summed E-state index contributed by atoms with van der Waals surface area (Å²) in [5.41, 5.74) is 2.81. The molecule has 0 atom stereocenters. The van der Waals surface area contributed by atoms with Gasteiger partial charge in [0.05, 0.1) is 13.2 Å². The van der Waals surface area contributed by atoms with Crippen LogP contribution in [-0.2, 0) is 22.6 Å². The van der Waals surface area contributed by atoms with Crippen LogP contribution in [0.25, 0.3) is 0 Å². The van der Waals surface area contributed by atoms with Crippen molar-refractivity contribution in [1.29, 1.82) is 0 Å². The van der Waals surface area contributed by atoms with Crippen molar-refractivity contribution >= 4 is 11.7 Å². The molecule has 0 saturated carbocycles. The van der Waals surface area contributed by atoms with Crippen LogP contribution in [0.1, 0.15) is 40.7 Å². The SMILES string of the molecule is COCc1ccc(CCC(=O)N(C)C2CCN(CC(=O)c3ccc(F)cc3)CC2)cc1. The van der Waals surface area contributed by atoms with Crippen LogP contribution < -0.4 is 0 Å². The molecule has 0 N–H and O–H groups in total. The number of ketones is 1. The van der Waals surface area contributed by atoms with Crippen molar-refractivity contribution in [2.75, 3.05) is 33.8 Å². The van der Waals surface area contributed by atoms with E-state index in [0.29, 0.717) is 25.1 Å². The number of aryl methyl sites for hydroxylation is 1. The molecule has 0 aromatic heterocycles. The van der Waals surface area contributed by atoms with Gasteiger partial charge in [-0.25, -0.2) is 4.39 Å². The minimum Gasteiger partial charge on any atom is -0.380 e. The fourth-order valence-electron chi connectivity index (χ4n) is 3.99. The van der Waals surface area contributed by atoms with E-state index in [9.17, 15) is 14.0 Å². The van der Waals surface area contributed by atoms with Gasteiger partial charge in [0.1, 0.15) is 5.82 Å². The number of benzene rings is 2. The molecule has 1 aliphatic rings. The molecule has 5 nitrogen and oxygen atoms in total. The number of piperidine rings is 1. The van der Waals surface area contributed by atoms with E-state index >= 15 is 0 Å². The summed E-state index contributed by atoms with van der Waals surface area (Å²) in [7, 11) is 3.56. The van der Waals surface area contributed by atoms with E-state index in [1.54, 1.807) is 7.11 Å². The van der Waals surface area contributed by atoms with E-state index in [4.69, 9.17) is 4.74 Å². The highest BCUT2D eigenvalue weighted by Crippen LogP contribution is 2.18. The molecule has 6 heteroatoms. The van der Waals surface area contributed by atoms with Gasteiger partial charge in [-0.3, -0.25) is 14.5 Å². The van der Waals surface area contributed by atoms with Gasteiger partial charge in [-0.05, 0) is 54.7 Å². The number of likely N-dealkylation sites (tertiary alicyclic amines) is 1. The van der Waals surface area contributed by atoms with Crippen LogP contribution in [-0.4, -0.2) is 61.3 Å². The number of carbonyl (C=O) groups excluding carboxylic acids is 2. The quantitative estimate of drug-likeness (QED) is 0.574. The van der Waals surface area contributed by atoms with Crippen molar-refractivity contribution < 1.29 is 18.7 Å². The highest BCUT2D eigenvalue weighted by Gasteiger charge is 2.26. The lowest BCUT2D eigenvalue weighted by atomic mass is 10.0. The summed E-state index contributed by atoms with van der Waals surface area (Å²) in [6.45, 7) is 2.47. The first-order valence-corrected chi connectivity index (χ1v) is 10.8. The lowest BCUT2D eigenvalue weighted by Crippen LogP contribution is -2.46. The lowest BCUT2D eigenvalue weighted by molar-refractivity contribution is -0.132. The number of Topliss-reactive ketones (excluding diaryl/α,β-unsaturated/α-hetero) is 1. The molecule has 31 heavy (non-hydrogen) atoms. The molecule has 0 aliphatic carbocycles. The second-order valence-electron chi connectivity index (χ2n) is 8.19. The summed E-state index contributed by atoms with van der Waals surface area (Å²) in [6, 6.07) is 14.1. The summed E-state index contributed by atoms with van der Waals surface area (Å²) in [6.07, 6.45) is 2.92. The fraction of sp³-hybridized carbons (Fsp3) is 0.440. The molecule has 166 valence electrons. The van der Waals surface area contributed by atoms with Crippen LogP contribution in [0.5, 0.6) is 0 Å². The van der Waals surface area contributed by atoms with E-state index in [0.717, 1.165) is 43.5 Å². The number of rotatable bonds is 9. The minimum atomic E-state index is -0.340. The van der Waals surface area contributed by atoms with Crippen molar-refractivity contribution in [1.82, 2.24) is 9.80 Å². The smallest absolute Gasteiger partial charge is 0.222 e. The number of methoxy groups -OCH3 is 1. The minimum absolute atomic E-state index is 0.000557. The average molecular weight is 427 g/mol. The highest BCUT2D eigenvalue weighted by atomic mass is 19.1. The molecule has 0 unspecified atom stereocenters. The first-order chi connectivity index (χ1) is 15.0. The predicted octanol–water partition coefficient (Wildman–Crippen LogP) is 3.71. The summed E-state index contributed by atoms with van der Waals surface area (Å²) >= 11 is 0. The molecule has 1 heterocycles. The van der Waals surface area contributed by atoms with Gasteiger partial charge in [-0.2, -0.15) is 0 Å². The van der Waals surface area contributed by atoms with Crippen molar-refractivity contribution in [3.8, 4) is 0 Å². The van der Waals surface area contributed by atoms with Crippen LogP contribution in [0, 0.1) is 5.82 Å². The van der Waals surface area contributed by atoms with Crippen LogP contribution in [0.2, 0.25) is 0 Å². The molecule has 1 amide bonds. The van der Waals surface area contributed by atoms with Gasteiger partial charge in [0.2, 0.25) is 5.91 Å². The van der Waals surface area contributed by atoms with Crippen LogP contribution >= 0.6 is 0 Å². The average Bonchev–Trinajstić information content (AvgIpc) is 2.79. The first kappa shape index (κ1) is 23.1.